The van der Waals surface area contributed by atoms with Crippen LogP contribution in [0.4, 0.5) is 4.39 Å². The predicted octanol–water partition coefficient (Wildman–Crippen LogP) is 2.34. The van der Waals surface area contributed by atoms with Crippen LogP contribution in [0.25, 0.3) is 0 Å². The van der Waals surface area contributed by atoms with Gasteiger partial charge in [-0.3, -0.25) is 0 Å². The van der Waals surface area contributed by atoms with Crippen molar-refractivity contribution >= 4 is 9.84 Å². The summed E-state index contributed by atoms with van der Waals surface area (Å²) in [7, 11) is -2.30. The molecule has 0 saturated carbocycles. The minimum absolute atomic E-state index is 0.149. The van der Waals surface area contributed by atoms with Crippen LogP contribution in [0.1, 0.15) is 11.7 Å². The van der Waals surface area contributed by atoms with Gasteiger partial charge in [0.05, 0.1) is 23.9 Å². The molecule has 4 nitrogen and oxygen atoms in total. The number of ether oxygens (including phenoxy) is 1. The van der Waals surface area contributed by atoms with Gasteiger partial charge in [-0.25, -0.2) is 12.8 Å². The molecule has 21 heavy (non-hydrogen) atoms. The van der Waals surface area contributed by atoms with E-state index in [0.717, 1.165) is 12.1 Å². The number of sulfone groups is 1. The summed E-state index contributed by atoms with van der Waals surface area (Å²) in [5.74, 6) is -0.634. The van der Waals surface area contributed by atoms with Gasteiger partial charge in [-0.15, -0.1) is 0 Å². The van der Waals surface area contributed by atoms with Crippen LogP contribution in [-0.2, 0) is 9.84 Å². The average Bonchev–Trinajstić information content (AvgIpc) is 2.47. The SMILES string of the molecule is COc1cccc(C(O)CS(=O)(=O)c2cccc(F)c2)c1. The minimum Gasteiger partial charge on any atom is -0.497 e. The first kappa shape index (κ1) is 15.5. The fraction of sp³-hybridized carbons (Fsp3) is 0.200. The molecular weight excluding hydrogens is 295 g/mol. The van der Waals surface area contributed by atoms with Crippen LogP contribution in [-0.4, -0.2) is 26.4 Å². The van der Waals surface area contributed by atoms with E-state index in [9.17, 15) is 17.9 Å². The zero-order chi connectivity index (χ0) is 15.5. The molecule has 0 fully saturated rings. The molecule has 6 heteroatoms. The standard InChI is InChI=1S/C15H15FO4S/c1-20-13-6-2-4-11(8-13)15(17)10-21(18,19)14-7-3-5-12(16)9-14/h2-9,15,17H,10H2,1H3. The van der Waals surface area contributed by atoms with Crippen LogP contribution < -0.4 is 4.74 Å². The third-order valence-electron chi connectivity index (χ3n) is 3.01. The summed E-state index contributed by atoms with van der Waals surface area (Å²) in [4.78, 5) is -0.149. The molecule has 0 saturated heterocycles. The van der Waals surface area contributed by atoms with Gasteiger partial charge in [0.25, 0.3) is 0 Å². The Morgan fingerprint density at radius 2 is 1.90 bits per heavy atom. The third kappa shape index (κ3) is 3.80. The van der Waals surface area contributed by atoms with Crippen LogP contribution in [0.3, 0.4) is 0 Å². The lowest BCUT2D eigenvalue weighted by Crippen LogP contribution is -2.15. The summed E-state index contributed by atoms with van der Waals surface area (Å²) in [6, 6.07) is 11.2. The van der Waals surface area contributed by atoms with Gasteiger partial charge >= 0.3 is 0 Å². The molecule has 112 valence electrons. The van der Waals surface area contributed by atoms with Crippen LogP contribution >= 0.6 is 0 Å². The number of halogens is 1. The Morgan fingerprint density at radius 3 is 2.57 bits per heavy atom. The van der Waals surface area contributed by atoms with E-state index in [1.807, 2.05) is 0 Å². The summed E-state index contributed by atoms with van der Waals surface area (Å²) in [6.07, 6.45) is -1.21. The lowest BCUT2D eigenvalue weighted by atomic mass is 10.1. The summed E-state index contributed by atoms with van der Waals surface area (Å²) in [5.41, 5.74) is 0.425. The summed E-state index contributed by atoms with van der Waals surface area (Å²) in [5, 5.41) is 10.1. The fourth-order valence-corrected chi connectivity index (χ4v) is 3.29. The predicted molar refractivity (Wildman–Crippen MR) is 76.4 cm³/mol. The Bertz CT molecular complexity index is 728. The molecule has 0 aliphatic carbocycles. The topological polar surface area (TPSA) is 63.6 Å². The van der Waals surface area contributed by atoms with Gasteiger partial charge < -0.3 is 9.84 Å². The number of aliphatic hydroxyl groups excluding tert-OH is 1. The van der Waals surface area contributed by atoms with E-state index in [1.165, 1.54) is 19.2 Å². The molecule has 0 aliphatic heterocycles. The van der Waals surface area contributed by atoms with Crippen LogP contribution in [0.2, 0.25) is 0 Å². The van der Waals surface area contributed by atoms with Crippen LogP contribution in [0, 0.1) is 5.82 Å². The number of methoxy groups -OCH3 is 1. The second-order valence-corrected chi connectivity index (χ2v) is 6.57. The van der Waals surface area contributed by atoms with E-state index in [0.29, 0.717) is 11.3 Å². The van der Waals surface area contributed by atoms with Gasteiger partial charge in [0.2, 0.25) is 0 Å². The van der Waals surface area contributed by atoms with Gasteiger partial charge in [-0.2, -0.15) is 0 Å². The maximum Gasteiger partial charge on any atom is 0.181 e. The molecule has 1 unspecified atom stereocenters. The van der Waals surface area contributed by atoms with E-state index >= 15 is 0 Å². The number of rotatable bonds is 5. The molecule has 0 bridgehead atoms. The van der Waals surface area contributed by atoms with Crippen molar-refractivity contribution in [3.8, 4) is 5.75 Å². The van der Waals surface area contributed by atoms with Gasteiger partial charge in [0, 0.05) is 0 Å². The van der Waals surface area contributed by atoms with Crippen molar-refractivity contribution in [1.29, 1.82) is 0 Å². The third-order valence-corrected chi connectivity index (χ3v) is 4.74. The van der Waals surface area contributed by atoms with Crippen molar-refractivity contribution < 1.29 is 22.7 Å². The van der Waals surface area contributed by atoms with E-state index in [1.54, 1.807) is 24.3 Å². The molecule has 0 heterocycles. The van der Waals surface area contributed by atoms with E-state index in [-0.39, 0.29) is 4.90 Å². The van der Waals surface area contributed by atoms with Crippen molar-refractivity contribution in [1.82, 2.24) is 0 Å². The molecule has 0 spiro atoms. The second kappa shape index (κ2) is 6.24. The molecule has 2 aromatic rings. The first-order valence-electron chi connectivity index (χ1n) is 6.23. The number of hydrogen-bond acceptors (Lipinski definition) is 4. The Morgan fingerprint density at radius 1 is 1.19 bits per heavy atom. The molecule has 2 aromatic carbocycles. The Labute approximate surface area is 122 Å². The highest BCUT2D eigenvalue weighted by atomic mass is 32.2. The van der Waals surface area contributed by atoms with Crippen LogP contribution in [0.5, 0.6) is 5.75 Å². The smallest absolute Gasteiger partial charge is 0.181 e. The maximum atomic E-state index is 13.1. The monoisotopic (exact) mass is 310 g/mol. The Balaban J connectivity index is 2.23. The van der Waals surface area contributed by atoms with Gasteiger partial charge in [-0.05, 0) is 35.9 Å². The van der Waals surface area contributed by atoms with Crippen LogP contribution in [0.15, 0.2) is 53.4 Å². The zero-order valence-electron chi connectivity index (χ0n) is 11.4. The average molecular weight is 310 g/mol. The normalized spacial score (nSPS) is 12.9. The van der Waals surface area contributed by atoms with Gasteiger partial charge in [0.1, 0.15) is 11.6 Å². The minimum atomic E-state index is -3.78. The molecule has 2 rings (SSSR count). The first-order chi connectivity index (χ1) is 9.92. The summed E-state index contributed by atoms with van der Waals surface area (Å²) >= 11 is 0. The number of hydrogen-bond donors (Lipinski definition) is 1. The highest BCUT2D eigenvalue weighted by Crippen LogP contribution is 2.23. The second-order valence-electron chi connectivity index (χ2n) is 4.53. The molecule has 1 atom stereocenters. The van der Waals surface area contributed by atoms with E-state index in [2.05, 4.69) is 0 Å². The van der Waals surface area contributed by atoms with Crippen molar-refractivity contribution in [3.05, 3.63) is 59.9 Å². The van der Waals surface area contributed by atoms with Gasteiger partial charge in [0.15, 0.2) is 9.84 Å². The van der Waals surface area contributed by atoms with Crippen molar-refractivity contribution in [2.45, 2.75) is 11.0 Å². The molecule has 1 N–H and O–H groups in total. The van der Waals surface area contributed by atoms with Crippen molar-refractivity contribution in [3.63, 3.8) is 0 Å². The molecular formula is C15H15FO4S. The largest absolute Gasteiger partial charge is 0.497 e. The van der Waals surface area contributed by atoms with E-state index < -0.39 is 27.5 Å². The number of benzene rings is 2. The Hall–Kier alpha value is -1.92. The van der Waals surface area contributed by atoms with Crippen molar-refractivity contribution in [2.24, 2.45) is 0 Å². The summed E-state index contributed by atoms with van der Waals surface area (Å²) in [6.45, 7) is 0. The lowest BCUT2D eigenvalue weighted by molar-refractivity contribution is 0.201. The molecule has 0 aromatic heterocycles. The summed E-state index contributed by atoms with van der Waals surface area (Å²) < 4.78 is 42.5. The maximum absolute atomic E-state index is 13.1. The van der Waals surface area contributed by atoms with E-state index in [4.69, 9.17) is 4.74 Å². The molecule has 0 amide bonds. The molecule has 0 radical (unpaired) electrons. The van der Waals surface area contributed by atoms with Gasteiger partial charge in [-0.1, -0.05) is 18.2 Å². The Kier molecular flexibility index (Phi) is 4.59. The first-order valence-corrected chi connectivity index (χ1v) is 7.88. The quantitative estimate of drug-likeness (QED) is 0.920. The fourth-order valence-electron chi connectivity index (χ4n) is 1.91. The lowest BCUT2D eigenvalue weighted by Gasteiger charge is -2.13. The van der Waals surface area contributed by atoms with Crippen molar-refractivity contribution in [2.75, 3.05) is 12.9 Å². The zero-order valence-corrected chi connectivity index (χ0v) is 12.2. The highest BCUT2D eigenvalue weighted by molar-refractivity contribution is 7.91. The molecule has 0 aliphatic rings. The highest BCUT2D eigenvalue weighted by Gasteiger charge is 2.21. The number of aliphatic hydroxyl groups is 1.